The molecule has 0 bridgehead atoms. The van der Waals surface area contributed by atoms with E-state index in [-0.39, 0.29) is 10.7 Å². The molecule has 1 aliphatic rings. The molecule has 1 aromatic carbocycles. The molecule has 0 unspecified atom stereocenters. The zero-order chi connectivity index (χ0) is 11.3. The second kappa shape index (κ2) is 3.18. The van der Waals surface area contributed by atoms with E-state index < -0.39 is 4.92 Å². The van der Waals surface area contributed by atoms with Crippen LogP contribution in [0, 0.1) is 10.1 Å². The summed E-state index contributed by atoms with van der Waals surface area (Å²) in [5.41, 5.74) is 0.808. The van der Waals surface area contributed by atoms with Crippen LogP contribution in [0.1, 0.15) is 18.9 Å². The van der Waals surface area contributed by atoms with E-state index in [1.807, 2.05) is 4.68 Å². The lowest BCUT2D eigenvalue weighted by atomic mass is 10.2. The fraction of sp³-hybridized carbons (Fsp3) is 0.300. The highest BCUT2D eigenvalue weighted by atomic mass is 35.5. The normalized spacial score (nSPS) is 15.6. The second-order valence-electron chi connectivity index (χ2n) is 3.91. The molecular formula is C10H8ClN3O2. The highest BCUT2D eigenvalue weighted by Gasteiger charge is 2.27. The lowest BCUT2D eigenvalue weighted by Gasteiger charge is -2.00. The van der Waals surface area contributed by atoms with Gasteiger partial charge in [-0.25, -0.2) is 0 Å². The third-order valence-corrected chi connectivity index (χ3v) is 3.18. The number of rotatable bonds is 2. The van der Waals surface area contributed by atoms with Crippen molar-refractivity contribution in [2.45, 2.75) is 18.9 Å². The number of nitrogens with zero attached hydrogens (tertiary/aromatic N) is 3. The maximum Gasteiger partial charge on any atom is 0.288 e. The van der Waals surface area contributed by atoms with E-state index in [1.165, 1.54) is 6.07 Å². The maximum atomic E-state index is 10.7. The average molecular weight is 238 g/mol. The number of hydrogen-bond donors (Lipinski definition) is 0. The van der Waals surface area contributed by atoms with Gasteiger partial charge < -0.3 is 0 Å². The van der Waals surface area contributed by atoms with Gasteiger partial charge in [0, 0.05) is 11.5 Å². The molecule has 5 nitrogen and oxygen atoms in total. The van der Waals surface area contributed by atoms with Crippen molar-refractivity contribution in [3.63, 3.8) is 0 Å². The Morgan fingerprint density at radius 1 is 1.50 bits per heavy atom. The van der Waals surface area contributed by atoms with Crippen LogP contribution in [0.3, 0.4) is 0 Å². The molecule has 1 heterocycles. The summed E-state index contributed by atoms with van der Waals surface area (Å²) in [6.07, 6.45) is 3.83. The zero-order valence-electron chi connectivity index (χ0n) is 8.26. The quantitative estimate of drug-likeness (QED) is 0.596. The van der Waals surface area contributed by atoms with Gasteiger partial charge in [-0.3, -0.25) is 14.8 Å². The molecule has 6 heteroatoms. The number of aromatic nitrogens is 2. The van der Waals surface area contributed by atoms with Gasteiger partial charge in [-0.05, 0) is 18.9 Å². The molecule has 0 aliphatic heterocycles. The van der Waals surface area contributed by atoms with Crippen molar-refractivity contribution in [1.29, 1.82) is 0 Å². The summed E-state index contributed by atoms with van der Waals surface area (Å²) < 4.78 is 1.89. The summed E-state index contributed by atoms with van der Waals surface area (Å²) in [6.45, 7) is 0. The van der Waals surface area contributed by atoms with Crippen LogP contribution in [-0.4, -0.2) is 14.7 Å². The fourth-order valence-corrected chi connectivity index (χ4v) is 2.10. The Labute approximate surface area is 95.8 Å². The minimum absolute atomic E-state index is 0.0653. The van der Waals surface area contributed by atoms with Crippen LogP contribution < -0.4 is 0 Å². The lowest BCUT2D eigenvalue weighted by molar-refractivity contribution is -0.384. The molecule has 0 amide bonds. The first-order valence-electron chi connectivity index (χ1n) is 4.98. The standard InChI is InChI=1S/C10H8ClN3O2/c11-10-7-5-12-13(6-1-2-6)8(7)3-4-9(10)14(15)16/h3-6H,1-2H2. The highest BCUT2D eigenvalue weighted by Crippen LogP contribution is 2.39. The van der Waals surface area contributed by atoms with Gasteiger partial charge in [0.2, 0.25) is 0 Å². The molecule has 1 saturated carbocycles. The zero-order valence-corrected chi connectivity index (χ0v) is 9.02. The molecule has 82 valence electrons. The van der Waals surface area contributed by atoms with Crippen molar-refractivity contribution < 1.29 is 4.92 Å². The SMILES string of the molecule is O=[N+]([O-])c1ccc2c(cnn2C2CC2)c1Cl. The Morgan fingerprint density at radius 3 is 2.88 bits per heavy atom. The number of benzene rings is 1. The fourth-order valence-electron chi connectivity index (χ4n) is 1.83. The van der Waals surface area contributed by atoms with Gasteiger partial charge in [-0.15, -0.1) is 0 Å². The van der Waals surface area contributed by atoms with E-state index in [0.29, 0.717) is 11.4 Å². The third kappa shape index (κ3) is 1.28. The van der Waals surface area contributed by atoms with Crippen molar-refractivity contribution in [2.75, 3.05) is 0 Å². The molecule has 1 aliphatic carbocycles. The van der Waals surface area contributed by atoms with Crippen molar-refractivity contribution in [3.05, 3.63) is 33.5 Å². The van der Waals surface area contributed by atoms with Crippen molar-refractivity contribution in [3.8, 4) is 0 Å². The van der Waals surface area contributed by atoms with Gasteiger partial charge in [-0.2, -0.15) is 5.10 Å². The van der Waals surface area contributed by atoms with Crippen LogP contribution in [-0.2, 0) is 0 Å². The first-order chi connectivity index (χ1) is 7.68. The lowest BCUT2D eigenvalue weighted by Crippen LogP contribution is -1.95. The molecule has 0 radical (unpaired) electrons. The first-order valence-corrected chi connectivity index (χ1v) is 5.36. The van der Waals surface area contributed by atoms with Crippen LogP contribution >= 0.6 is 11.6 Å². The predicted molar refractivity (Wildman–Crippen MR) is 59.7 cm³/mol. The molecule has 0 N–H and O–H groups in total. The van der Waals surface area contributed by atoms with Crippen LogP contribution in [0.4, 0.5) is 5.69 Å². The highest BCUT2D eigenvalue weighted by molar-refractivity contribution is 6.37. The second-order valence-corrected chi connectivity index (χ2v) is 4.29. The molecule has 0 saturated heterocycles. The molecule has 16 heavy (non-hydrogen) atoms. The third-order valence-electron chi connectivity index (χ3n) is 2.78. The molecule has 3 rings (SSSR count). The predicted octanol–water partition coefficient (Wildman–Crippen LogP) is 2.93. The summed E-state index contributed by atoms with van der Waals surface area (Å²) in [4.78, 5) is 10.2. The molecule has 1 aromatic heterocycles. The van der Waals surface area contributed by atoms with Crippen molar-refractivity contribution in [1.82, 2.24) is 9.78 Å². The minimum Gasteiger partial charge on any atom is -0.262 e. The minimum atomic E-state index is -0.476. The van der Waals surface area contributed by atoms with Gasteiger partial charge in [0.25, 0.3) is 5.69 Å². The van der Waals surface area contributed by atoms with Gasteiger partial charge in [-0.1, -0.05) is 11.6 Å². The van der Waals surface area contributed by atoms with E-state index in [1.54, 1.807) is 12.3 Å². The number of nitro groups is 1. The number of fused-ring (bicyclic) bond motifs is 1. The Kier molecular flexibility index (Phi) is 1.91. The Bertz CT molecular complexity index is 589. The Hall–Kier alpha value is -1.62. The average Bonchev–Trinajstić information content (AvgIpc) is 2.99. The van der Waals surface area contributed by atoms with E-state index in [0.717, 1.165) is 18.4 Å². The van der Waals surface area contributed by atoms with E-state index in [9.17, 15) is 10.1 Å². The van der Waals surface area contributed by atoms with Crippen LogP contribution in [0.2, 0.25) is 5.02 Å². The van der Waals surface area contributed by atoms with Gasteiger partial charge >= 0.3 is 0 Å². The van der Waals surface area contributed by atoms with Gasteiger partial charge in [0.1, 0.15) is 5.02 Å². The van der Waals surface area contributed by atoms with Crippen molar-refractivity contribution >= 4 is 28.2 Å². The van der Waals surface area contributed by atoms with E-state index in [2.05, 4.69) is 5.10 Å². The monoisotopic (exact) mass is 237 g/mol. The summed E-state index contributed by atoms with van der Waals surface area (Å²) in [5, 5.41) is 15.8. The molecule has 1 fully saturated rings. The van der Waals surface area contributed by atoms with Crippen molar-refractivity contribution in [2.24, 2.45) is 0 Å². The topological polar surface area (TPSA) is 61.0 Å². The summed E-state index contributed by atoms with van der Waals surface area (Å²) in [5.74, 6) is 0. The maximum absolute atomic E-state index is 10.7. The summed E-state index contributed by atoms with van der Waals surface area (Å²) in [6, 6.07) is 3.59. The molecule has 2 aromatic rings. The smallest absolute Gasteiger partial charge is 0.262 e. The largest absolute Gasteiger partial charge is 0.288 e. The number of halogens is 1. The Balaban J connectivity index is 2.25. The van der Waals surface area contributed by atoms with E-state index >= 15 is 0 Å². The van der Waals surface area contributed by atoms with Gasteiger partial charge in [0.05, 0.1) is 22.7 Å². The van der Waals surface area contributed by atoms with Crippen LogP contribution in [0.5, 0.6) is 0 Å². The molecular weight excluding hydrogens is 230 g/mol. The van der Waals surface area contributed by atoms with Crippen LogP contribution in [0.15, 0.2) is 18.3 Å². The van der Waals surface area contributed by atoms with Gasteiger partial charge in [0.15, 0.2) is 0 Å². The molecule has 0 atom stereocenters. The number of hydrogen-bond acceptors (Lipinski definition) is 3. The molecule has 0 spiro atoms. The summed E-state index contributed by atoms with van der Waals surface area (Å²) >= 11 is 5.98. The number of nitro benzene ring substituents is 1. The summed E-state index contributed by atoms with van der Waals surface area (Å²) in [7, 11) is 0. The first kappa shape index (κ1) is 9.59. The Morgan fingerprint density at radius 2 is 2.25 bits per heavy atom. The van der Waals surface area contributed by atoms with Crippen LogP contribution in [0.25, 0.3) is 10.9 Å². The van der Waals surface area contributed by atoms with E-state index in [4.69, 9.17) is 11.6 Å².